The first-order valence-electron chi connectivity index (χ1n) is 10.4. The van der Waals surface area contributed by atoms with E-state index in [9.17, 15) is 20.3 Å². The van der Waals surface area contributed by atoms with Gasteiger partial charge in [-0.05, 0) is 30.9 Å². The van der Waals surface area contributed by atoms with E-state index in [1.807, 2.05) is 6.08 Å². The van der Waals surface area contributed by atoms with Crippen LogP contribution in [0.4, 0.5) is 0 Å². The Bertz CT molecular complexity index is 582. The predicted octanol–water partition coefficient (Wildman–Crippen LogP) is 4.66. The summed E-state index contributed by atoms with van der Waals surface area (Å²) in [6.07, 6.45) is 9.54. The highest BCUT2D eigenvalue weighted by molar-refractivity contribution is 8.03. The van der Waals surface area contributed by atoms with Crippen LogP contribution in [0, 0.1) is 23.2 Å². The zero-order valence-electron chi connectivity index (χ0n) is 17.1. The summed E-state index contributed by atoms with van der Waals surface area (Å²) < 4.78 is 0. The number of thioether (sulfide) groups is 1. The normalized spacial score (nSPS) is 21.8. The number of rotatable bonds is 14. The minimum atomic E-state index is -0.770. The largest absolute Gasteiger partial charge is 0.481 e. The van der Waals surface area contributed by atoms with Gasteiger partial charge < -0.3 is 15.3 Å². The van der Waals surface area contributed by atoms with Crippen LogP contribution >= 0.6 is 11.8 Å². The zero-order chi connectivity index (χ0) is 20.9. The van der Waals surface area contributed by atoms with Gasteiger partial charge >= 0.3 is 5.97 Å². The highest BCUT2D eigenvalue weighted by Crippen LogP contribution is 2.40. The fraction of sp³-hybridized carbons (Fsp3) is 0.727. The lowest BCUT2D eigenvalue weighted by atomic mass is 9.96. The standard InChI is InChI=1S/C22H35NO4S/c1-3-4-8-16(2)13-18(24)10-11-19-20(25)14-17(15-23)22(19)28-12-7-5-6-9-21(26)27/h10-11,16,18-20,24-25H,3-9,12-14H2,1-2H3,(H,26,27)/t16-,18-,19+,20-/m1/s1. The van der Waals surface area contributed by atoms with E-state index in [2.05, 4.69) is 19.9 Å². The molecule has 4 atom stereocenters. The summed E-state index contributed by atoms with van der Waals surface area (Å²) in [5.74, 6) is 0.249. The van der Waals surface area contributed by atoms with Crippen molar-refractivity contribution in [1.29, 1.82) is 5.26 Å². The molecule has 6 heteroatoms. The van der Waals surface area contributed by atoms with Crippen molar-refractivity contribution < 1.29 is 20.1 Å². The number of carbonyl (C=O) groups is 1. The van der Waals surface area contributed by atoms with Gasteiger partial charge in [0.1, 0.15) is 0 Å². The molecule has 3 N–H and O–H groups in total. The van der Waals surface area contributed by atoms with E-state index in [0.29, 0.717) is 30.8 Å². The van der Waals surface area contributed by atoms with Crippen LogP contribution in [-0.4, -0.2) is 39.2 Å². The maximum absolute atomic E-state index is 10.5. The van der Waals surface area contributed by atoms with E-state index in [4.69, 9.17) is 5.11 Å². The fourth-order valence-electron chi connectivity index (χ4n) is 3.46. The first kappa shape index (κ1) is 24.7. The van der Waals surface area contributed by atoms with Crippen LogP contribution in [-0.2, 0) is 4.79 Å². The third kappa shape index (κ3) is 9.27. The van der Waals surface area contributed by atoms with Crippen molar-refractivity contribution in [3.8, 4) is 6.07 Å². The zero-order valence-corrected chi connectivity index (χ0v) is 18.0. The monoisotopic (exact) mass is 409 g/mol. The van der Waals surface area contributed by atoms with Crippen molar-refractivity contribution in [1.82, 2.24) is 0 Å². The van der Waals surface area contributed by atoms with Crippen LogP contribution in [0.5, 0.6) is 0 Å². The molecule has 1 aliphatic carbocycles. The average Bonchev–Trinajstić information content (AvgIpc) is 2.95. The van der Waals surface area contributed by atoms with Crippen LogP contribution in [0.2, 0.25) is 0 Å². The topological polar surface area (TPSA) is 102 Å². The number of aliphatic hydroxyl groups is 2. The van der Waals surface area contributed by atoms with Crippen LogP contribution in [0.1, 0.15) is 71.6 Å². The molecule has 0 spiro atoms. The maximum atomic E-state index is 10.5. The van der Waals surface area contributed by atoms with E-state index in [0.717, 1.165) is 36.3 Å². The number of carboxylic acid groups (broad SMARTS) is 1. The molecule has 0 amide bonds. The van der Waals surface area contributed by atoms with Crippen molar-refractivity contribution in [3.63, 3.8) is 0 Å². The van der Waals surface area contributed by atoms with Gasteiger partial charge in [-0.15, -0.1) is 11.8 Å². The number of hydrogen-bond acceptors (Lipinski definition) is 5. The molecule has 28 heavy (non-hydrogen) atoms. The summed E-state index contributed by atoms with van der Waals surface area (Å²) in [4.78, 5) is 11.4. The molecule has 0 bridgehead atoms. The second-order valence-corrected chi connectivity index (χ2v) is 8.88. The Labute approximate surface area is 173 Å². The predicted molar refractivity (Wildman–Crippen MR) is 114 cm³/mol. The molecule has 0 heterocycles. The molecule has 0 saturated heterocycles. The van der Waals surface area contributed by atoms with Crippen LogP contribution in [0.3, 0.4) is 0 Å². The Morgan fingerprint density at radius 2 is 2.11 bits per heavy atom. The van der Waals surface area contributed by atoms with Gasteiger partial charge in [0.15, 0.2) is 0 Å². The van der Waals surface area contributed by atoms with Crippen molar-refractivity contribution >= 4 is 17.7 Å². The quantitative estimate of drug-likeness (QED) is 0.285. The smallest absolute Gasteiger partial charge is 0.303 e. The highest BCUT2D eigenvalue weighted by Gasteiger charge is 2.32. The second kappa shape index (κ2) is 13.8. The van der Waals surface area contributed by atoms with Gasteiger partial charge in [0.05, 0.1) is 18.3 Å². The van der Waals surface area contributed by atoms with Gasteiger partial charge in [0.25, 0.3) is 0 Å². The molecule has 0 unspecified atom stereocenters. The summed E-state index contributed by atoms with van der Waals surface area (Å²) in [7, 11) is 0. The van der Waals surface area contributed by atoms with Crippen molar-refractivity contribution in [2.75, 3.05) is 5.75 Å². The van der Waals surface area contributed by atoms with Crippen molar-refractivity contribution in [3.05, 3.63) is 22.6 Å². The van der Waals surface area contributed by atoms with Crippen LogP contribution in [0.15, 0.2) is 22.6 Å². The number of carboxylic acids is 1. The average molecular weight is 410 g/mol. The number of aliphatic carboxylic acids is 1. The van der Waals surface area contributed by atoms with Gasteiger partial charge in [0.2, 0.25) is 0 Å². The highest BCUT2D eigenvalue weighted by atomic mass is 32.2. The third-order valence-electron chi connectivity index (χ3n) is 5.09. The third-order valence-corrected chi connectivity index (χ3v) is 6.41. The van der Waals surface area contributed by atoms with Gasteiger partial charge in [0, 0.05) is 29.2 Å². The molecule has 0 aliphatic heterocycles. The van der Waals surface area contributed by atoms with Crippen molar-refractivity contribution in [2.45, 2.75) is 83.8 Å². The molecule has 0 aromatic heterocycles. The van der Waals surface area contributed by atoms with Crippen molar-refractivity contribution in [2.24, 2.45) is 11.8 Å². The first-order valence-corrected chi connectivity index (χ1v) is 11.4. The lowest BCUT2D eigenvalue weighted by Crippen LogP contribution is -2.15. The lowest BCUT2D eigenvalue weighted by molar-refractivity contribution is -0.137. The van der Waals surface area contributed by atoms with E-state index < -0.39 is 18.2 Å². The number of aliphatic hydroxyl groups excluding tert-OH is 2. The number of unbranched alkanes of at least 4 members (excludes halogenated alkanes) is 3. The molecule has 0 aromatic rings. The summed E-state index contributed by atoms with van der Waals surface area (Å²) in [6, 6.07) is 2.21. The summed E-state index contributed by atoms with van der Waals surface area (Å²) in [5, 5.41) is 38.7. The molecular formula is C22H35NO4S. The second-order valence-electron chi connectivity index (χ2n) is 7.74. The van der Waals surface area contributed by atoms with Crippen LogP contribution < -0.4 is 0 Å². The Kier molecular flexibility index (Phi) is 12.2. The summed E-state index contributed by atoms with van der Waals surface area (Å²) in [5.41, 5.74) is 0.628. The SMILES string of the molecule is CCCC[C@@H](C)C[C@H](O)C=C[C@@H]1C(SCCCCCC(=O)O)=C(C#N)C[C@H]1O. The van der Waals surface area contributed by atoms with E-state index in [1.165, 1.54) is 6.42 Å². The van der Waals surface area contributed by atoms with E-state index in [1.54, 1.807) is 17.8 Å². The molecular weight excluding hydrogens is 374 g/mol. The summed E-state index contributed by atoms with van der Waals surface area (Å²) in [6.45, 7) is 4.31. The number of nitrogens with zero attached hydrogens (tertiary/aromatic N) is 1. The molecule has 0 saturated carbocycles. The number of hydrogen-bond donors (Lipinski definition) is 3. The van der Waals surface area contributed by atoms with Gasteiger partial charge in [-0.3, -0.25) is 4.79 Å². The van der Waals surface area contributed by atoms with Gasteiger partial charge in [-0.25, -0.2) is 0 Å². The Balaban J connectivity index is 2.56. The minimum absolute atomic E-state index is 0.190. The molecule has 0 aromatic carbocycles. The lowest BCUT2D eigenvalue weighted by Gasteiger charge is -2.17. The van der Waals surface area contributed by atoms with E-state index >= 15 is 0 Å². The maximum Gasteiger partial charge on any atom is 0.303 e. The fourth-order valence-corrected chi connectivity index (χ4v) is 4.76. The molecule has 5 nitrogen and oxygen atoms in total. The summed E-state index contributed by atoms with van der Waals surface area (Å²) >= 11 is 1.58. The molecule has 158 valence electrons. The molecule has 1 rings (SSSR count). The van der Waals surface area contributed by atoms with Gasteiger partial charge in [-0.2, -0.15) is 5.26 Å². The Morgan fingerprint density at radius 3 is 2.75 bits per heavy atom. The van der Waals surface area contributed by atoms with Gasteiger partial charge in [-0.1, -0.05) is 51.7 Å². The first-order chi connectivity index (χ1) is 13.4. The Hall–Kier alpha value is -1.29. The van der Waals surface area contributed by atoms with Crippen LogP contribution in [0.25, 0.3) is 0 Å². The van der Waals surface area contributed by atoms with E-state index in [-0.39, 0.29) is 12.3 Å². The minimum Gasteiger partial charge on any atom is -0.481 e. The molecule has 1 aliphatic rings. The number of nitriles is 1. The Morgan fingerprint density at radius 1 is 1.36 bits per heavy atom. The molecule has 0 fully saturated rings. The molecule has 0 radical (unpaired) electrons.